The first-order valence-electron chi connectivity index (χ1n) is 7.09. The molecule has 3 heteroatoms. The van der Waals surface area contributed by atoms with Crippen molar-refractivity contribution < 1.29 is 4.79 Å². The Bertz CT molecular complexity index is 688. The molecule has 2 aromatic carbocycles. The molecule has 1 saturated carbocycles. The zero-order valence-electron chi connectivity index (χ0n) is 11.6. The lowest BCUT2D eigenvalue weighted by atomic mass is 10.1. The molecule has 1 N–H and O–H groups in total. The first-order chi connectivity index (χ1) is 10.3. The molecule has 0 aromatic heterocycles. The van der Waals surface area contributed by atoms with Crippen LogP contribution < -0.4 is 5.32 Å². The van der Waals surface area contributed by atoms with Crippen molar-refractivity contribution in [1.82, 2.24) is 5.32 Å². The number of nitrogens with one attached hydrogen (secondary N) is 1. The summed E-state index contributed by atoms with van der Waals surface area (Å²) >= 11 is 0. The molecule has 3 rings (SSSR count). The van der Waals surface area contributed by atoms with Crippen LogP contribution in [0.2, 0.25) is 0 Å². The second kappa shape index (κ2) is 5.80. The van der Waals surface area contributed by atoms with E-state index in [4.69, 9.17) is 5.26 Å². The number of nitriles is 1. The van der Waals surface area contributed by atoms with Crippen molar-refractivity contribution in [3.8, 4) is 6.07 Å². The van der Waals surface area contributed by atoms with Gasteiger partial charge in [0.25, 0.3) is 0 Å². The van der Waals surface area contributed by atoms with Crippen molar-refractivity contribution in [2.75, 3.05) is 0 Å². The molecule has 0 saturated heterocycles. The smallest absolute Gasteiger partial charge is 0.224 e. The molecule has 21 heavy (non-hydrogen) atoms. The molecule has 2 atom stereocenters. The predicted octanol–water partition coefficient (Wildman–Crippen LogP) is 2.98. The summed E-state index contributed by atoms with van der Waals surface area (Å²) in [4.78, 5) is 12.1. The van der Waals surface area contributed by atoms with Gasteiger partial charge in [-0.05, 0) is 35.6 Å². The standard InChI is InChI=1S/C18H16N2O/c19-11-13-5-4-6-14(9-13)12-20-18(21)17-10-16(17)15-7-2-1-3-8-15/h1-9,16-17H,10,12H2,(H,20,21). The Morgan fingerprint density at radius 2 is 2.00 bits per heavy atom. The monoisotopic (exact) mass is 276 g/mol. The first-order valence-corrected chi connectivity index (χ1v) is 7.09. The van der Waals surface area contributed by atoms with Crippen molar-refractivity contribution in [3.63, 3.8) is 0 Å². The largest absolute Gasteiger partial charge is 0.352 e. The Morgan fingerprint density at radius 1 is 1.19 bits per heavy atom. The normalized spacial score (nSPS) is 19.6. The topological polar surface area (TPSA) is 52.9 Å². The van der Waals surface area contributed by atoms with E-state index >= 15 is 0 Å². The van der Waals surface area contributed by atoms with E-state index in [2.05, 4.69) is 23.5 Å². The van der Waals surface area contributed by atoms with Crippen LogP contribution in [-0.4, -0.2) is 5.91 Å². The van der Waals surface area contributed by atoms with Crippen LogP contribution in [0.3, 0.4) is 0 Å². The van der Waals surface area contributed by atoms with Crippen LogP contribution in [0, 0.1) is 17.2 Å². The van der Waals surface area contributed by atoms with Gasteiger partial charge >= 0.3 is 0 Å². The number of rotatable bonds is 4. The number of hydrogen-bond donors (Lipinski definition) is 1. The first kappa shape index (κ1) is 13.4. The zero-order valence-corrected chi connectivity index (χ0v) is 11.6. The average molecular weight is 276 g/mol. The molecule has 1 aliphatic carbocycles. The zero-order chi connectivity index (χ0) is 14.7. The molecule has 1 amide bonds. The number of carbonyl (C=O) groups is 1. The van der Waals surface area contributed by atoms with Crippen LogP contribution in [0.15, 0.2) is 54.6 Å². The highest BCUT2D eigenvalue weighted by atomic mass is 16.2. The molecule has 2 aromatic rings. The lowest BCUT2D eigenvalue weighted by Crippen LogP contribution is -2.24. The van der Waals surface area contributed by atoms with E-state index in [-0.39, 0.29) is 11.8 Å². The quantitative estimate of drug-likeness (QED) is 0.933. The van der Waals surface area contributed by atoms with Crippen LogP contribution >= 0.6 is 0 Å². The average Bonchev–Trinajstić information content (AvgIpc) is 3.34. The van der Waals surface area contributed by atoms with Crippen molar-refractivity contribution >= 4 is 5.91 Å². The summed E-state index contributed by atoms with van der Waals surface area (Å²) in [6.07, 6.45) is 0.925. The van der Waals surface area contributed by atoms with E-state index in [9.17, 15) is 4.79 Å². The van der Waals surface area contributed by atoms with Gasteiger partial charge in [0.1, 0.15) is 0 Å². The van der Waals surface area contributed by atoms with Gasteiger partial charge in [-0.15, -0.1) is 0 Å². The third kappa shape index (κ3) is 3.11. The van der Waals surface area contributed by atoms with Gasteiger partial charge < -0.3 is 5.32 Å². The Labute approximate surface area is 124 Å². The molecule has 0 bridgehead atoms. The van der Waals surface area contributed by atoms with Gasteiger partial charge in [-0.25, -0.2) is 0 Å². The number of hydrogen-bond acceptors (Lipinski definition) is 2. The Balaban J connectivity index is 1.55. The maximum atomic E-state index is 12.1. The van der Waals surface area contributed by atoms with Gasteiger partial charge in [-0.3, -0.25) is 4.79 Å². The summed E-state index contributed by atoms with van der Waals surface area (Å²) in [5, 5.41) is 11.8. The van der Waals surface area contributed by atoms with Crippen molar-refractivity contribution in [2.45, 2.75) is 18.9 Å². The summed E-state index contributed by atoms with van der Waals surface area (Å²) in [6, 6.07) is 19.6. The van der Waals surface area contributed by atoms with Gasteiger partial charge in [0.2, 0.25) is 5.91 Å². The summed E-state index contributed by atoms with van der Waals surface area (Å²) in [7, 11) is 0. The fourth-order valence-corrected chi connectivity index (χ4v) is 2.62. The minimum absolute atomic E-state index is 0.0894. The third-order valence-corrected chi connectivity index (χ3v) is 3.88. The summed E-state index contributed by atoms with van der Waals surface area (Å²) < 4.78 is 0. The number of amides is 1. The van der Waals surface area contributed by atoms with Crippen LogP contribution in [-0.2, 0) is 11.3 Å². The van der Waals surface area contributed by atoms with E-state index in [0.717, 1.165) is 12.0 Å². The van der Waals surface area contributed by atoms with Gasteiger partial charge in [0.15, 0.2) is 0 Å². The molecule has 104 valence electrons. The van der Waals surface area contributed by atoms with Crippen molar-refractivity contribution in [3.05, 3.63) is 71.3 Å². The van der Waals surface area contributed by atoms with Crippen LogP contribution in [0.4, 0.5) is 0 Å². The molecular weight excluding hydrogens is 260 g/mol. The Kier molecular flexibility index (Phi) is 3.70. The third-order valence-electron chi connectivity index (χ3n) is 3.88. The highest BCUT2D eigenvalue weighted by molar-refractivity contribution is 5.82. The van der Waals surface area contributed by atoms with E-state index in [1.807, 2.05) is 36.4 Å². The summed E-state index contributed by atoms with van der Waals surface area (Å²) in [6.45, 7) is 0.479. The second-order valence-electron chi connectivity index (χ2n) is 5.39. The molecule has 0 spiro atoms. The molecule has 1 aliphatic rings. The number of nitrogens with zero attached hydrogens (tertiary/aromatic N) is 1. The maximum absolute atomic E-state index is 12.1. The SMILES string of the molecule is N#Cc1cccc(CNC(=O)C2CC2c2ccccc2)c1. The van der Waals surface area contributed by atoms with Crippen molar-refractivity contribution in [1.29, 1.82) is 5.26 Å². The molecule has 0 aliphatic heterocycles. The molecule has 0 radical (unpaired) electrons. The Morgan fingerprint density at radius 3 is 2.76 bits per heavy atom. The van der Waals surface area contributed by atoms with Crippen LogP contribution in [0.1, 0.15) is 29.0 Å². The molecule has 1 fully saturated rings. The molecule has 2 unspecified atom stereocenters. The van der Waals surface area contributed by atoms with Gasteiger partial charge in [-0.2, -0.15) is 5.26 Å². The lowest BCUT2D eigenvalue weighted by molar-refractivity contribution is -0.122. The summed E-state index contributed by atoms with van der Waals surface area (Å²) in [5.41, 5.74) is 2.82. The predicted molar refractivity (Wildman–Crippen MR) is 80.3 cm³/mol. The fraction of sp³-hybridized carbons (Fsp3) is 0.222. The highest BCUT2D eigenvalue weighted by Gasteiger charge is 2.43. The molecule has 0 heterocycles. The van der Waals surface area contributed by atoms with E-state index < -0.39 is 0 Å². The van der Waals surface area contributed by atoms with Gasteiger partial charge in [0.05, 0.1) is 11.6 Å². The lowest BCUT2D eigenvalue weighted by Gasteiger charge is -2.05. The fourth-order valence-electron chi connectivity index (χ4n) is 2.62. The Hall–Kier alpha value is -2.60. The van der Waals surface area contributed by atoms with Crippen LogP contribution in [0.25, 0.3) is 0 Å². The van der Waals surface area contributed by atoms with Crippen LogP contribution in [0.5, 0.6) is 0 Å². The van der Waals surface area contributed by atoms with Gasteiger partial charge in [0, 0.05) is 12.5 Å². The number of carbonyl (C=O) groups excluding carboxylic acids is 1. The minimum Gasteiger partial charge on any atom is -0.352 e. The highest BCUT2D eigenvalue weighted by Crippen LogP contribution is 2.47. The van der Waals surface area contributed by atoms with Crippen molar-refractivity contribution in [2.24, 2.45) is 5.92 Å². The van der Waals surface area contributed by atoms with E-state index in [0.29, 0.717) is 18.0 Å². The van der Waals surface area contributed by atoms with E-state index in [1.54, 1.807) is 6.07 Å². The van der Waals surface area contributed by atoms with Gasteiger partial charge in [-0.1, -0.05) is 42.5 Å². The molecular formula is C18H16N2O. The number of benzene rings is 2. The molecule has 3 nitrogen and oxygen atoms in total. The minimum atomic E-state index is 0.0894. The maximum Gasteiger partial charge on any atom is 0.224 e. The second-order valence-corrected chi connectivity index (χ2v) is 5.39. The van der Waals surface area contributed by atoms with E-state index in [1.165, 1.54) is 5.56 Å². The summed E-state index contributed by atoms with van der Waals surface area (Å²) in [5.74, 6) is 0.550.